The van der Waals surface area contributed by atoms with E-state index in [0.717, 1.165) is 30.4 Å². The van der Waals surface area contributed by atoms with Crippen molar-refractivity contribution in [2.24, 2.45) is 5.73 Å². The van der Waals surface area contributed by atoms with Crippen LogP contribution in [-0.4, -0.2) is 70.3 Å². The fourth-order valence-corrected chi connectivity index (χ4v) is 3.81. The van der Waals surface area contributed by atoms with Crippen LogP contribution in [0.4, 0.5) is 13.2 Å². The third-order valence-electron chi connectivity index (χ3n) is 6.35. The van der Waals surface area contributed by atoms with Gasteiger partial charge in [-0.15, -0.1) is 5.73 Å². The number of piperazine rings is 1. The van der Waals surface area contributed by atoms with Gasteiger partial charge in [-0.1, -0.05) is 25.7 Å². The van der Waals surface area contributed by atoms with E-state index in [2.05, 4.69) is 27.2 Å². The second-order valence-electron chi connectivity index (χ2n) is 8.93. The SMILES string of the molecule is C=C(C(=O)N(CC1=C=C/C=C(c2ncc(C(F)(F)F)[nH]2)\C=C\C1)/C(N)=C(/C)CC)N1CCN(C)CC1. The van der Waals surface area contributed by atoms with Crippen molar-refractivity contribution in [2.45, 2.75) is 32.9 Å². The maximum atomic E-state index is 13.5. The standard InChI is InChI=1S/C26H33F3N6O/c1-5-18(2)23(30)35(25(36)19(3)34-14-12-33(4)13-15-34)17-20-8-6-10-21(11-7-9-20)24-31-16-22(32-24)26(27,28)29/h6-7,10-11,16H,3,5,8,12-15,17,30H2,1-2,4H3,(H,31,32)/b10-6+,21-11+,23-18-. The van der Waals surface area contributed by atoms with Crippen LogP contribution in [0.1, 0.15) is 38.2 Å². The lowest BCUT2D eigenvalue weighted by Gasteiger charge is -2.36. The number of hydrogen-bond donors (Lipinski definition) is 2. The summed E-state index contributed by atoms with van der Waals surface area (Å²) in [5, 5.41) is 0. The second-order valence-corrected chi connectivity index (χ2v) is 8.93. The fraction of sp³-hybridized carbons (Fsp3) is 0.423. The molecule has 0 atom stereocenters. The Morgan fingerprint density at radius 1 is 1.31 bits per heavy atom. The molecule has 1 aromatic rings. The Bertz CT molecular complexity index is 1140. The maximum Gasteiger partial charge on any atom is 0.432 e. The molecule has 3 N–H and O–H groups in total. The Labute approximate surface area is 209 Å². The molecule has 1 saturated heterocycles. The minimum absolute atomic E-state index is 0.117. The van der Waals surface area contributed by atoms with Crippen LogP contribution in [-0.2, 0) is 11.0 Å². The molecule has 7 nitrogen and oxygen atoms in total. The molecule has 3 rings (SSSR count). The van der Waals surface area contributed by atoms with E-state index in [1.54, 1.807) is 18.2 Å². The Morgan fingerprint density at radius 2 is 2.00 bits per heavy atom. The van der Waals surface area contributed by atoms with Gasteiger partial charge in [0.1, 0.15) is 17.3 Å². The first-order valence-electron chi connectivity index (χ1n) is 11.8. The Kier molecular flexibility index (Phi) is 8.66. The van der Waals surface area contributed by atoms with Crippen LogP contribution in [0.25, 0.3) is 5.57 Å². The summed E-state index contributed by atoms with van der Waals surface area (Å²) < 4.78 is 38.7. The predicted octanol–water partition coefficient (Wildman–Crippen LogP) is 4.04. The van der Waals surface area contributed by atoms with Crippen LogP contribution >= 0.6 is 0 Å². The number of nitrogens with zero attached hydrogens (tertiary/aromatic N) is 4. The molecule has 1 aromatic heterocycles. The van der Waals surface area contributed by atoms with E-state index in [9.17, 15) is 18.0 Å². The van der Waals surface area contributed by atoms with E-state index < -0.39 is 11.9 Å². The van der Waals surface area contributed by atoms with E-state index in [4.69, 9.17) is 5.73 Å². The van der Waals surface area contributed by atoms with Crippen molar-refractivity contribution in [3.63, 3.8) is 0 Å². The molecule has 1 aliphatic carbocycles. The highest BCUT2D eigenvalue weighted by atomic mass is 19.4. The summed E-state index contributed by atoms with van der Waals surface area (Å²) in [5.41, 5.74) is 11.3. The quantitative estimate of drug-likeness (QED) is 0.435. The summed E-state index contributed by atoms with van der Waals surface area (Å²) in [7, 11) is 2.04. The molecule has 2 heterocycles. The van der Waals surface area contributed by atoms with Gasteiger partial charge in [0.15, 0.2) is 0 Å². The highest BCUT2D eigenvalue weighted by Gasteiger charge is 2.33. The van der Waals surface area contributed by atoms with Gasteiger partial charge in [0.25, 0.3) is 5.91 Å². The van der Waals surface area contributed by atoms with E-state index in [1.807, 2.05) is 31.9 Å². The summed E-state index contributed by atoms with van der Waals surface area (Å²) in [6, 6.07) is 0. The summed E-state index contributed by atoms with van der Waals surface area (Å²) in [4.78, 5) is 25.4. The van der Waals surface area contributed by atoms with Crippen molar-refractivity contribution in [2.75, 3.05) is 39.8 Å². The van der Waals surface area contributed by atoms with Crippen LogP contribution in [0, 0.1) is 0 Å². The molecule has 0 radical (unpaired) electrons. The van der Waals surface area contributed by atoms with Gasteiger partial charge in [-0.3, -0.25) is 9.69 Å². The first kappa shape index (κ1) is 27.1. The molecule has 1 fully saturated rings. The highest BCUT2D eigenvalue weighted by Crippen LogP contribution is 2.29. The maximum absolute atomic E-state index is 13.5. The number of imidazole rings is 1. The Balaban J connectivity index is 1.84. The lowest BCUT2D eigenvalue weighted by atomic mass is 10.1. The van der Waals surface area contributed by atoms with Gasteiger partial charge in [0, 0.05) is 31.8 Å². The van der Waals surface area contributed by atoms with Gasteiger partial charge in [0.2, 0.25) is 0 Å². The number of likely N-dealkylation sites (N-methyl/N-ethyl adjacent to an activating group) is 1. The molecule has 2 aliphatic rings. The number of carbonyl (C=O) groups is 1. The number of H-pyrrole nitrogens is 1. The Morgan fingerprint density at radius 3 is 2.61 bits per heavy atom. The van der Waals surface area contributed by atoms with Crippen molar-refractivity contribution < 1.29 is 18.0 Å². The average molecular weight is 503 g/mol. The molecule has 0 bridgehead atoms. The summed E-state index contributed by atoms with van der Waals surface area (Å²) in [6.45, 7) is 11.3. The summed E-state index contributed by atoms with van der Waals surface area (Å²) in [5.74, 6) is 0.257. The predicted molar refractivity (Wildman–Crippen MR) is 134 cm³/mol. The lowest BCUT2D eigenvalue weighted by molar-refractivity contribution is -0.140. The van der Waals surface area contributed by atoms with E-state index in [1.165, 1.54) is 4.90 Å². The summed E-state index contributed by atoms with van der Waals surface area (Å²) in [6.07, 6.45) is 4.16. The molecule has 0 spiro atoms. The van der Waals surface area contributed by atoms with Gasteiger partial charge < -0.3 is 20.5 Å². The molecule has 36 heavy (non-hydrogen) atoms. The number of amides is 1. The molecular weight excluding hydrogens is 469 g/mol. The zero-order chi connectivity index (χ0) is 26.5. The van der Waals surface area contributed by atoms with Crippen molar-refractivity contribution in [3.8, 4) is 0 Å². The van der Waals surface area contributed by atoms with Crippen molar-refractivity contribution in [3.05, 3.63) is 77.0 Å². The molecule has 0 aromatic carbocycles. The average Bonchev–Trinajstić information content (AvgIpc) is 3.33. The van der Waals surface area contributed by atoms with Crippen molar-refractivity contribution >= 4 is 11.5 Å². The zero-order valence-corrected chi connectivity index (χ0v) is 21.0. The topological polar surface area (TPSA) is 81.5 Å². The number of nitrogens with two attached hydrogens (primary N) is 1. The zero-order valence-electron chi connectivity index (χ0n) is 21.0. The number of aromatic nitrogens is 2. The Hall–Kier alpha value is -3.49. The normalized spacial score (nSPS) is 20.0. The largest absolute Gasteiger partial charge is 0.432 e. The number of aromatic amines is 1. The molecule has 1 amide bonds. The number of nitrogens with one attached hydrogen (secondary N) is 1. The number of halogens is 3. The van der Waals surface area contributed by atoms with E-state index in [0.29, 0.717) is 43.0 Å². The molecular formula is C26H33F3N6O. The number of carbonyl (C=O) groups excluding carboxylic acids is 1. The minimum atomic E-state index is -4.49. The molecule has 194 valence electrons. The van der Waals surface area contributed by atoms with Gasteiger partial charge >= 0.3 is 6.18 Å². The number of rotatable bonds is 7. The van der Waals surface area contributed by atoms with Crippen LogP contribution in [0.15, 0.2) is 65.5 Å². The van der Waals surface area contributed by atoms with Gasteiger partial charge in [-0.2, -0.15) is 13.2 Å². The summed E-state index contributed by atoms with van der Waals surface area (Å²) >= 11 is 0. The van der Waals surface area contributed by atoms with Gasteiger partial charge in [0.05, 0.1) is 18.4 Å². The fourth-order valence-electron chi connectivity index (χ4n) is 3.81. The third kappa shape index (κ3) is 6.59. The molecule has 10 heteroatoms. The lowest BCUT2D eigenvalue weighted by Crippen LogP contribution is -2.48. The van der Waals surface area contributed by atoms with Crippen LogP contribution in [0.2, 0.25) is 0 Å². The first-order chi connectivity index (χ1) is 17.0. The molecule has 1 aliphatic heterocycles. The highest BCUT2D eigenvalue weighted by molar-refractivity contribution is 5.93. The third-order valence-corrected chi connectivity index (χ3v) is 6.35. The van der Waals surface area contributed by atoms with Crippen LogP contribution < -0.4 is 5.73 Å². The van der Waals surface area contributed by atoms with Gasteiger partial charge in [-0.25, -0.2) is 4.98 Å². The number of hydrogen-bond acceptors (Lipinski definition) is 5. The smallest absolute Gasteiger partial charge is 0.385 e. The first-order valence-corrected chi connectivity index (χ1v) is 11.8. The van der Waals surface area contributed by atoms with Crippen molar-refractivity contribution in [1.29, 1.82) is 0 Å². The number of alkyl halides is 3. The second kappa shape index (κ2) is 11.5. The van der Waals surface area contributed by atoms with Gasteiger partial charge in [-0.05, 0) is 50.1 Å². The minimum Gasteiger partial charge on any atom is -0.385 e. The van der Waals surface area contributed by atoms with E-state index in [-0.39, 0.29) is 18.3 Å². The monoisotopic (exact) mass is 502 g/mol. The number of allylic oxidation sites excluding steroid dienone is 5. The van der Waals surface area contributed by atoms with Crippen LogP contribution in [0.5, 0.6) is 0 Å². The van der Waals surface area contributed by atoms with E-state index >= 15 is 0 Å². The van der Waals surface area contributed by atoms with Crippen molar-refractivity contribution in [1.82, 2.24) is 24.7 Å². The molecule has 0 saturated carbocycles. The van der Waals surface area contributed by atoms with Crippen LogP contribution in [0.3, 0.4) is 0 Å². The molecule has 0 unspecified atom stereocenters.